The van der Waals surface area contributed by atoms with E-state index in [-0.39, 0.29) is 30.6 Å². The molecule has 2 heterocycles. The minimum absolute atomic E-state index is 0.0943. The molecular weight excluding hydrogens is 467 g/mol. The van der Waals surface area contributed by atoms with Gasteiger partial charge in [-0.15, -0.1) is 0 Å². The number of benzene rings is 2. The van der Waals surface area contributed by atoms with Crippen molar-refractivity contribution in [2.24, 2.45) is 5.73 Å². The van der Waals surface area contributed by atoms with Crippen LogP contribution < -0.4 is 15.8 Å². The van der Waals surface area contributed by atoms with Crippen LogP contribution in [0.5, 0.6) is 11.5 Å². The van der Waals surface area contributed by atoms with Gasteiger partial charge < -0.3 is 25.1 Å². The Labute approximate surface area is 207 Å². The molecule has 1 saturated heterocycles. The van der Waals surface area contributed by atoms with E-state index in [1.54, 1.807) is 41.3 Å². The molecule has 1 aromatic heterocycles. The zero-order valence-electron chi connectivity index (χ0n) is 19.6. The van der Waals surface area contributed by atoms with E-state index in [1.807, 2.05) is 4.90 Å². The van der Waals surface area contributed by atoms with Crippen molar-refractivity contribution < 1.29 is 27.9 Å². The highest BCUT2D eigenvalue weighted by Crippen LogP contribution is 2.22. The van der Waals surface area contributed by atoms with Crippen molar-refractivity contribution in [3.05, 3.63) is 84.1 Å². The summed E-state index contributed by atoms with van der Waals surface area (Å²) in [5.41, 5.74) is 6.32. The van der Waals surface area contributed by atoms with Crippen molar-refractivity contribution in [1.29, 1.82) is 0 Å². The molecular formula is C26H27FN4O5. The lowest BCUT2D eigenvalue weighted by atomic mass is 10.1. The summed E-state index contributed by atoms with van der Waals surface area (Å²) in [5, 5.41) is 2.71. The first-order chi connectivity index (χ1) is 17.4. The third-order valence-electron chi connectivity index (χ3n) is 5.85. The van der Waals surface area contributed by atoms with Gasteiger partial charge >= 0.3 is 0 Å². The van der Waals surface area contributed by atoms with Crippen LogP contribution in [0.4, 0.5) is 4.39 Å². The van der Waals surface area contributed by atoms with Gasteiger partial charge in [0, 0.05) is 32.6 Å². The predicted molar refractivity (Wildman–Crippen MR) is 129 cm³/mol. The van der Waals surface area contributed by atoms with Crippen molar-refractivity contribution >= 4 is 17.7 Å². The highest BCUT2D eigenvalue weighted by molar-refractivity contribution is 5.91. The number of primary amides is 1. The summed E-state index contributed by atoms with van der Waals surface area (Å²) in [6, 6.07) is 15.1. The summed E-state index contributed by atoms with van der Waals surface area (Å²) in [6.45, 7) is 2.08. The van der Waals surface area contributed by atoms with Crippen LogP contribution in [0, 0.1) is 5.82 Å². The molecule has 0 saturated carbocycles. The van der Waals surface area contributed by atoms with Crippen molar-refractivity contribution in [2.75, 3.05) is 32.7 Å². The number of piperazine rings is 1. The standard InChI is InChI=1S/C26H27FN4O5/c27-19-5-9-21(10-6-19)36-20-7-3-18(4-8-20)16-22(25(28)33)29-24(32)17-30-11-13-31(14-12-30)26(34)23-2-1-15-35-23/h1-10,15,22H,11-14,16-17H2,(H2,28,33)(H,29,32). The zero-order valence-corrected chi connectivity index (χ0v) is 19.6. The van der Waals surface area contributed by atoms with E-state index in [2.05, 4.69) is 5.32 Å². The first-order valence-corrected chi connectivity index (χ1v) is 11.5. The summed E-state index contributed by atoms with van der Waals surface area (Å²) < 4.78 is 23.9. The molecule has 0 spiro atoms. The van der Waals surface area contributed by atoms with Gasteiger partial charge in [-0.05, 0) is 54.1 Å². The molecule has 4 rings (SSSR count). The fourth-order valence-electron chi connectivity index (χ4n) is 3.90. The lowest BCUT2D eigenvalue weighted by Crippen LogP contribution is -2.53. The SMILES string of the molecule is NC(=O)C(Cc1ccc(Oc2ccc(F)cc2)cc1)NC(=O)CN1CCN(C(=O)c2ccco2)CC1. The van der Waals surface area contributed by atoms with Crippen LogP contribution in [-0.4, -0.2) is 66.3 Å². The predicted octanol–water partition coefficient (Wildman–Crippen LogP) is 2.18. The van der Waals surface area contributed by atoms with E-state index in [9.17, 15) is 18.8 Å². The summed E-state index contributed by atoms with van der Waals surface area (Å²) >= 11 is 0. The van der Waals surface area contributed by atoms with E-state index in [4.69, 9.17) is 14.9 Å². The van der Waals surface area contributed by atoms with E-state index in [0.29, 0.717) is 43.4 Å². The van der Waals surface area contributed by atoms with Gasteiger partial charge in [0.15, 0.2) is 5.76 Å². The van der Waals surface area contributed by atoms with Gasteiger partial charge in [-0.3, -0.25) is 19.3 Å². The van der Waals surface area contributed by atoms with Gasteiger partial charge in [-0.25, -0.2) is 4.39 Å². The summed E-state index contributed by atoms with van der Waals surface area (Å²) in [5.74, 6) is -0.135. The Kier molecular flexibility index (Phi) is 7.96. The monoisotopic (exact) mass is 494 g/mol. The van der Waals surface area contributed by atoms with E-state index >= 15 is 0 Å². The molecule has 3 N–H and O–H groups in total. The lowest BCUT2D eigenvalue weighted by molar-refractivity contribution is -0.128. The Hall–Kier alpha value is -4.18. The second-order valence-corrected chi connectivity index (χ2v) is 8.47. The minimum Gasteiger partial charge on any atom is -0.459 e. The summed E-state index contributed by atoms with van der Waals surface area (Å²) in [6.07, 6.45) is 1.68. The normalized spacial score (nSPS) is 14.8. The molecule has 1 aliphatic heterocycles. The molecule has 2 aromatic carbocycles. The highest BCUT2D eigenvalue weighted by Gasteiger charge is 2.26. The number of nitrogens with one attached hydrogen (secondary N) is 1. The van der Waals surface area contributed by atoms with Crippen molar-refractivity contribution in [3.8, 4) is 11.5 Å². The molecule has 9 nitrogen and oxygen atoms in total. The van der Waals surface area contributed by atoms with Gasteiger partial charge in [-0.2, -0.15) is 0 Å². The van der Waals surface area contributed by atoms with Gasteiger partial charge in [0.2, 0.25) is 11.8 Å². The first-order valence-electron chi connectivity index (χ1n) is 11.5. The fourth-order valence-corrected chi connectivity index (χ4v) is 3.90. The van der Waals surface area contributed by atoms with Crippen LogP contribution in [-0.2, 0) is 16.0 Å². The van der Waals surface area contributed by atoms with Gasteiger partial charge in [-0.1, -0.05) is 12.1 Å². The maximum absolute atomic E-state index is 13.0. The number of halogens is 1. The molecule has 3 aromatic rings. The second-order valence-electron chi connectivity index (χ2n) is 8.47. The largest absolute Gasteiger partial charge is 0.459 e. The number of ether oxygens (including phenoxy) is 1. The number of carbonyl (C=O) groups excluding carboxylic acids is 3. The molecule has 0 aliphatic carbocycles. The van der Waals surface area contributed by atoms with Crippen LogP contribution in [0.2, 0.25) is 0 Å². The van der Waals surface area contributed by atoms with E-state index in [0.717, 1.165) is 5.56 Å². The molecule has 188 valence electrons. The molecule has 0 radical (unpaired) electrons. The maximum Gasteiger partial charge on any atom is 0.289 e. The van der Waals surface area contributed by atoms with Gasteiger partial charge in [0.1, 0.15) is 23.4 Å². The number of furan rings is 1. The van der Waals surface area contributed by atoms with Gasteiger partial charge in [0.05, 0.1) is 12.8 Å². The Balaban J connectivity index is 1.25. The summed E-state index contributed by atoms with van der Waals surface area (Å²) in [4.78, 5) is 40.6. The molecule has 1 fully saturated rings. The average Bonchev–Trinajstić information content (AvgIpc) is 3.41. The molecule has 10 heteroatoms. The molecule has 1 unspecified atom stereocenters. The van der Waals surface area contributed by atoms with Crippen LogP contribution in [0.3, 0.4) is 0 Å². The van der Waals surface area contributed by atoms with Crippen molar-refractivity contribution in [1.82, 2.24) is 15.1 Å². The first kappa shape index (κ1) is 24.9. The van der Waals surface area contributed by atoms with Gasteiger partial charge in [0.25, 0.3) is 5.91 Å². The number of nitrogens with zero attached hydrogens (tertiary/aromatic N) is 2. The Morgan fingerprint density at radius 1 is 0.972 bits per heavy atom. The van der Waals surface area contributed by atoms with E-state index < -0.39 is 11.9 Å². The zero-order chi connectivity index (χ0) is 25.5. The number of hydrogen-bond donors (Lipinski definition) is 2. The third-order valence-corrected chi connectivity index (χ3v) is 5.85. The highest BCUT2D eigenvalue weighted by atomic mass is 19.1. The van der Waals surface area contributed by atoms with Crippen molar-refractivity contribution in [3.63, 3.8) is 0 Å². The number of carbonyl (C=O) groups is 3. The molecule has 0 bridgehead atoms. The number of rotatable bonds is 9. The number of nitrogens with two attached hydrogens (primary N) is 1. The van der Waals surface area contributed by atoms with E-state index in [1.165, 1.54) is 30.5 Å². The van der Waals surface area contributed by atoms with Crippen LogP contribution >= 0.6 is 0 Å². The molecule has 36 heavy (non-hydrogen) atoms. The lowest BCUT2D eigenvalue weighted by Gasteiger charge is -2.34. The minimum atomic E-state index is -0.872. The smallest absolute Gasteiger partial charge is 0.289 e. The average molecular weight is 495 g/mol. The quantitative estimate of drug-likeness (QED) is 0.471. The summed E-state index contributed by atoms with van der Waals surface area (Å²) in [7, 11) is 0. The molecule has 1 atom stereocenters. The Bertz CT molecular complexity index is 1170. The third kappa shape index (κ3) is 6.70. The van der Waals surface area contributed by atoms with Crippen molar-refractivity contribution in [2.45, 2.75) is 12.5 Å². The molecule has 3 amide bonds. The topological polar surface area (TPSA) is 118 Å². The maximum atomic E-state index is 13.0. The number of hydrogen-bond acceptors (Lipinski definition) is 6. The Morgan fingerprint density at radius 3 is 2.19 bits per heavy atom. The van der Waals surface area contributed by atoms with Crippen LogP contribution in [0.15, 0.2) is 71.3 Å². The fraction of sp³-hybridized carbons (Fsp3) is 0.269. The Morgan fingerprint density at radius 2 is 1.61 bits per heavy atom. The second kappa shape index (κ2) is 11.5. The molecule has 1 aliphatic rings. The van der Waals surface area contributed by atoms with Crippen LogP contribution in [0.25, 0.3) is 0 Å². The van der Waals surface area contributed by atoms with Crippen LogP contribution in [0.1, 0.15) is 16.1 Å². The number of amides is 3.